The summed E-state index contributed by atoms with van der Waals surface area (Å²) in [6, 6.07) is 10.6. The van der Waals surface area contributed by atoms with Gasteiger partial charge >= 0.3 is 0 Å². The Hall–Kier alpha value is -2.80. The summed E-state index contributed by atoms with van der Waals surface area (Å²) in [5.41, 5.74) is 1.16. The largest absolute Gasteiger partial charge is 0.319 e. The molecule has 0 saturated heterocycles. The number of nitrogens with zero attached hydrogens (tertiary/aromatic N) is 4. The first-order valence-electron chi connectivity index (χ1n) is 6.23. The number of nitrogens with one attached hydrogen (secondary N) is 1. The molecule has 6 nitrogen and oxygen atoms in total. The molecule has 110 valence electrons. The predicted octanol–water partition coefficient (Wildman–Crippen LogP) is 2.71. The van der Waals surface area contributed by atoms with Crippen molar-refractivity contribution in [2.75, 3.05) is 5.32 Å². The van der Waals surface area contributed by atoms with Crippen molar-refractivity contribution in [3.05, 3.63) is 65.2 Å². The molecule has 0 saturated carbocycles. The van der Waals surface area contributed by atoms with Crippen LogP contribution in [0.2, 0.25) is 5.02 Å². The van der Waals surface area contributed by atoms with Crippen molar-refractivity contribution in [3.8, 4) is 5.69 Å². The number of hydrogen-bond acceptors (Lipinski definition) is 4. The summed E-state index contributed by atoms with van der Waals surface area (Å²) in [5, 5.41) is 13.6. The van der Waals surface area contributed by atoms with Crippen LogP contribution in [0.4, 0.5) is 10.1 Å². The van der Waals surface area contributed by atoms with Crippen LogP contribution in [0, 0.1) is 5.82 Å². The van der Waals surface area contributed by atoms with Crippen LogP contribution in [-0.4, -0.2) is 26.1 Å². The second kappa shape index (κ2) is 5.90. The lowest BCUT2D eigenvalue weighted by atomic mass is 10.2. The highest BCUT2D eigenvalue weighted by Gasteiger charge is 2.10. The Morgan fingerprint density at radius 2 is 1.95 bits per heavy atom. The van der Waals surface area contributed by atoms with E-state index in [2.05, 4.69) is 20.8 Å². The fourth-order valence-corrected chi connectivity index (χ4v) is 1.99. The Bertz CT molecular complexity index is 805. The summed E-state index contributed by atoms with van der Waals surface area (Å²) in [5.74, 6) is -1.02. The van der Waals surface area contributed by atoms with E-state index >= 15 is 0 Å². The van der Waals surface area contributed by atoms with Gasteiger partial charge in [0.15, 0.2) is 0 Å². The highest BCUT2D eigenvalue weighted by molar-refractivity contribution is 6.30. The first-order valence-corrected chi connectivity index (χ1v) is 6.61. The number of anilines is 1. The third-order valence-electron chi connectivity index (χ3n) is 2.92. The standard InChI is InChI=1S/C14H9ClFN5O/c15-10-3-6-13(12(16)7-10)18-14(22)9-1-4-11(5-2-9)21-8-17-19-20-21/h1-8H,(H,18,22). The number of carbonyl (C=O) groups excluding carboxylic acids is 1. The highest BCUT2D eigenvalue weighted by atomic mass is 35.5. The smallest absolute Gasteiger partial charge is 0.255 e. The molecule has 22 heavy (non-hydrogen) atoms. The molecular weight excluding hydrogens is 309 g/mol. The predicted molar refractivity (Wildman–Crippen MR) is 78.5 cm³/mol. The number of halogens is 2. The van der Waals surface area contributed by atoms with Gasteiger partial charge in [-0.05, 0) is 52.9 Å². The molecule has 0 atom stereocenters. The first kappa shape index (κ1) is 14.2. The third-order valence-corrected chi connectivity index (χ3v) is 3.16. The lowest BCUT2D eigenvalue weighted by Gasteiger charge is -2.07. The van der Waals surface area contributed by atoms with E-state index in [9.17, 15) is 9.18 Å². The lowest BCUT2D eigenvalue weighted by Crippen LogP contribution is -2.13. The Morgan fingerprint density at radius 1 is 1.18 bits per heavy atom. The number of benzene rings is 2. The van der Waals surface area contributed by atoms with Crippen molar-refractivity contribution in [3.63, 3.8) is 0 Å². The van der Waals surface area contributed by atoms with E-state index in [-0.39, 0.29) is 10.7 Å². The normalized spacial score (nSPS) is 10.5. The SMILES string of the molecule is O=C(Nc1ccc(Cl)cc1F)c1ccc(-n2cnnn2)cc1. The maximum absolute atomic E-state index is 13.7. The van der Waals surface area contributed by atoms with Gasteiger partial charge in [0, 0.05) is 10.6 Å². The Labute approximate surface area is 129 Å². The second-order valence-electron chi connectivity index (χ2n) is 4.38. The van der Waals surface area contributed by atoms with Crippen LogP contribution >= 0.6 is 11.6 Å². The molecule has 2 aromatic carbocycles. The van der Waals surface area contributed by atoms with E-state index in [1.54, 1.807) is 24.3 Å². The van der Waals surface area contributed by atoms with Crippen molar-refractivity contribution >= 4 is 23.2 Å². The number of rotatable bonds is 3. The molecule has 0 radical (unpaired) electrons. The zero-order chi connectivity index (χ0) is 15.5. The van der Waals surface area contributed by atoms with Gasteiger partial charge in [-0.1, -0.05) is 11.6 Å². The maximum atomic E-state index is 13.7. The van der Waals surface area contributed by atoms with E-state index in [1.807, 2.05) is 0 Å². The average Bonchev–Trinajstić information content (AvgIpc) is 3.04. The van der Waals surface area contributed by atoms with Gasteiger partial charge in [0.2, 0.25) is 0 Å². The van der Waals surface area contributed by atoms with Crippen molar-refractivity contribution in [2.45, 2.75) is 0 Å². The summed E-state index contributed by atoms with van der Waals surface area (Å²) >= 11 is 5.67. The molecule has 1 N–H and O–H groups in total. The van der Waals surface area contributed by atoms with E-state index in [0.29, 0.717) is 11.3 Å². The molecule has 0 bridgehead atoms. The molecule has 0 aliphatic heterocycles. The highest BCUT2D eigenvalue weighted by Crippen LogP contribution is 2.19. The molecule has 0 aliphatic rings. The molecule has 0 unspecified atom stereocenters. The van der Waals surface area contributed by atoms with Gasteiger partial charge in [0.25, 0.3) is 5.91 Å². The van der Waals surface area contributed by atoms with Gasteiger partial charge in [-0.15, -0.1) is 5.10 Å². The van der Waals surface area contributed by atoms with E-state index in [0.717, 1.165) is 6.07 Å². The molecule has 8 heteroatoms. The van der Waals surface area contributed by atoms with Gasteiger partial charge in [-0.2, -0.15) is 0 Å². The lowest BCUT2D eigenvalue weighted by molar-refractivity contribution is 0.102. The fourth-order valence-electron chi connectivity index (χ4n) is 1.83. The maximum Gasteiger partial charge on any atom is 0.255 e. The van der Waals surface area contributed by atoms with Crippen LogP contribution in [0.15, 0.2) is 48.8 Å². The zero-order valence-electron chi connectivity index (χ0n) is 11.1. The molecule has 3 aromatic rings. The molecule has 0 spiro atoms. The van der Waals surface area contributed by atoms with Crippen molar-refractivity contribution in [1.29, 1.82) is 0 Å². The summed E-state index contributed by atoms with van der Waals surface area (Å²) in [6.07, 6.45) is 1.44. The molecule has 1 amide bonds. The number of carbonyl (C=O) groups is 1. The first-order chi connectivity index (χ1) is 10.6. The molecule has 1 heterocycles. The minimum Gasteiger partial charge on any atom is -0.319 e. The van der Waals surface area contributed by atoms with Crippen LogP contribution in [0.5, 0.6) is 0 Å². The zero-order valence-corrected chi connectivity index (χ0v) is 11.8. The molecule has 0 aliphatic carbocycles. The van der Waals surface area contributed by atoms with E-state index in [1.165, 1.54) is 23.1 Å². The van der Waals surface area contributed by atoms with Crippen LogP contribution in [0.3, 0.4) is 0 Å². The Balaban J connectivity index is 1.77. The quantitative estimate of drug-likeness (QED) is 0.806. The van der Waals surface area contributed by atoms with E-state index in [4.69, 9.17) is 11.6 Å². The minimum atomic E-state index is -0.592. The summed E-state index contributed by atoms with van der Waals surface area (Å²) in [4.78, 5) is 12.1. The van der Waals surface area contributed by atoms with Crippen molar-refractivity contribution < 1.29 is 9.18 Å². The van der Waals surface area contributed by atoms with Gasteiger partial charge < -0.3 is 5.32 Å². The Kier molecular flexibility index (Phi) is 3.80. The fraction of sp³-hybridized carbons (Fsp3) is 0. The minimum absolute atomic E-state index is 0.0685. The van der Waals surface area contributed by atoms with Crippen LogP contribution in [-0.2, 0) is 0 Å². The summed E-state index contributed by atoms with van der Waals surface area (Å²) in [7, 11) is 0. The Morgan fingerprint density at radius 3 is 2.59 bits per heavy atom. The molecule has 3 rings (SSSR count). The molecular formula is C14H9ClFN5O. The summed E-state index contributed by atoms with van der Waals surface area (Å²) < 4.78 is 15.1. The topological polar surface area (TPSA) is 72.7 Å². The third kappa shape index (κ3) is 2.94. The monoisotopic (exact) mass is 317 g/mol. The number of amides is 1. The van der Waals surface area contributed by atoms with Crippen LogP contribution < -0.4 is 5.32 Å². The van der Waals surface area contributed by atoms with Gasteiger partial charge in [0.05, 0.1) is 11.4 Å². The van der Waals surface area contributed by atoms with Crippen LogP contribution in [0.1, 0.15) is 10.4 Å². The number of hydrogen-bond donors (Lipinski definition) is 1. The van der Waals surface area contributed by atoms with Gasteiger partial charge in [-0.25, -0.2) is 9.07 Å². The number of aromatic nitrogens is 4. The molecule has 1 aromatic heterocycles. The average molecular weight is 318 g/mol. The number of tetrazole rings is 1. The molecule has 0 fully saturated rings. The second-order valence-corrected chi connectivity index (χ2v) is 4.82. The van der Waals surface area contributed by atoms with Crippen LogP contribution in [0.25, 0.3) is 5.69 Å². The van der Waals surface area contributed by atoms with Gasteiger partial charge in [-0.3, -0.25) is 4.79 Å². The van der Waals surface area contributed by atoms with E-state index < -0.39 is 11.7 Å². The van der Waals surface area contributed by atoms with Crippen molar-refractivity contribution in [1.82, 2.24) is 20.2 Å². The van der Waals surface area contributed by atoms with Crippen molar-refractivity contribution in [2.24, 2.45) is 0 Å². The van der Waals surface area contributed by atoms with Gasteiger partial charge in [0.1, 0.15) is 12.1 Å². The summed E-state index contributed by atoms with van der Waals surface area (Å²) in [6.45, 7) is 0.